The molecule has 0 unspecified atom stereocenters. The number of ether oxygens (including phenoxy) is 1. The second kappa shape index (κ2) is 7.15. The molecule has 29 heavy (non-hydrogen) atoms. The van der Waals surface area contributed by atoms with Gasteiger partial charge in [0.2, 0.25) is 11.8 Å². The molecule has 3 heterocycles. The lowest BCUT2D eigenvalue weighted by molar-refractivity contribution is -0.154. The topological polar surface area (TPSA) is 88.8 Å². The molecule has 0 radical (unpaired) electrons. The van der Waals surface area contributed by atoms with Crippen LogP contribution in [0.5, 0.6) is 0 Å². The summed E-state index contributed by atoms with van der Waals surface area (Å²) >= 11 is 0. The number of hydrogen-bond donors (Lipinski definition) is 1. The van der Waals surface area contributed by atoms with E-state index in [9.17, 15) is 14.4 Å². The van der Waals surface area contributed by atoms with Crippen molar-refractivity contribution in [3.63, 3.8) is 0 Å². The van der Waals surface area contributed by atoms with E-state index in [-0.39, 0.29) is 18.4 Å². The molecule has 1 aromatic heterocycles. The monoisotopic (exact) mass is 396 g/mol. The fraction of sp³-hybridized carbons (Fsp3) is 0.409. The van der Waals surface area contributed by atoms with Crippen molar-refractivity contribution in [1.29, 1.82) is 0 Å². The van der Waals surface area contributed by atoms with Crippen molar-refractivity contribution in [3.05, 3.63) is 54.0 Å². The summed E-state index contributed by atoms with van der Waals surface area (Å²) in [5, 5.41) is 3.25. The molecule has 2 saturated heterocycles. The normalized spacial score (nSPS) is 28.7. The number of esters is 1. The molecule has 2 fully saturated rings. The van der Waals surface area contributed by atoms with Crippen LogP contribution in [0.4, 0.5) is 5.69 Å². The smallest absolute Gasteiger partial charge is 0.327 e. The first-order chi connectivity index (χ1) is 13.9. The van der Waals surface area contributed by atoms with Crippen molar-refractivity contribution in [2.45, 2.75) is 38.8 Å². The lowest BCUT2D eigenvalue weighted by atomic mass is 9.78. The maximum absolute atomic E-state index is 13.5. The Labute approximate surface area is 169 Å². The van der Waals surface area contributed by atoms with Gasteiger partial charge in [-0.2, -0.15) is 0 Å². The van der Waals surface area contributed by atoms with Gasteiger partial charge in [0.1, 0.15) is 11.3 Å². The second-order valence-corrected chi connectivity index (χ2v) is 7.53. The average molecular weight is 396 g/mol. The summed E-state index contributed by atoms with van der Waals surface area (Å²) in [6.45, 7) is 5.66. The average Bonchev–Trinajstić information content (AvgIpc) is 3.40. The van der Waals surface area contributed by atoms with Gasteiger partial charge in [-0.1, -0.05) is 24.6 Å². The molecule has 2 aromatic rings. The first-order valence-corrected chi connectivity index (χ1v) is 9.87. The maximum Gasteiger partial charge on any atom is 0.327 e. The summed E-state index contributed by atoms with van der Waals surface area (Å²) in [6, 6.07) is 10.1. The SMILES string of the molecule is CCOC(=O)[C@@]1(CC)N[C@@H](c2ccco2)[C@H]2C(=O)N(c3ccc(C)cc3)C(=O)[C@@H]21. The number of rotatable bonds is 5. The van der Waals surface area contributed by atoms with Crippen LogP contribution in [-0.4, -0.2) is 29.9 Å². The van der Waals surface area contributed by atoms with Gasteiger partial charge in [-0.25, -0.2) is 4.90 Å². The van der Waals surface area contributed by atoms with E-state index in [0.717, 1.165) is 5.56 Å². The minimum Gasteiger partial charge on any atom is -0.468 e. The van der Waals surface area contributed by atoms with Gasteiger partial charge >= 0.3 is 5.97 Å². The fourth-order valence-electron chi connectivity index (χ4n) is 4.58. The number of nitrogens with zero attached hydrogens (tertiary/aromatic N) is 1. The van der Waals surface area contributed by atoms with E-state index >= 15 is 0 Å². The second-order valence-electron chi connectivity index (χ2n) is 7.53. The molecular formula is C22H24N2O5. The number of furan rings is 1. The highest BCUT2D eigenvalue weighted by Crippen LogP contribution is 2.51. The Morgan fingerprint density at radius 2 is 1.90 bits per heavy atom. The largest absolute Gasteiger partial charge is 0.468 e. The van der Waals surface area contributed by atoms with E-state index in [1.54, 1.807) is 31.2 Å². The lowest BCUT2D eigenvalue weighted by Gasteiger charge is -2.31. The highest BCUT2D eigenvalue weighted by Gasteiger charge is 2.68. The minimum absolute atomic E-state index is 0.189. The summed E-state index contributed by atoms with van der Waals surface area (Å²) < 4.78 is 10.9. The van der Waals surface area contributed by atoms with Crippen LogP contribution in [0, 0.1) is 18.8 Å². The Kier molecular flexibility index (Phi) is 4.78. The zero-order valence-electron chi connectivity index (χ0n) is 16.7. The molecule has 7 nitrogen and oxygen atoms in total. The molecule has 0 bridgehead atoms. The molecule has 2 amide bonds. The number of benzene rings is 1. The molecular weight excluding hydrogens is 372 g/mol. The number of anilines is 1. The molecule has 2 aliphatic rings. The number of fused-ring (bicyclic) bond motifs is 1. The molecule has 1 N–H and O–H groups in total. The minimum atomic E-state index is -1.29. The zero-order valence-corrected chi connectivity index (χ0v) is 16.7. The van der Waals surface area contributed by atoms with Crippen LogP contribution in [0.15, 0.2) is 47.1 Å². The summed E-state index contributed by atoms with van der Waals surface area (Å²) in [4.78, 5) is 41.2. The van der Waals surface area contributed by atoms with Gasteiger partial charge in [0, 0.05) is 0 Å². The molecule has 4 atom stereocenters. The molecule has 4 rings (SSSR count). The summed E-state index contributed by atoms with van der Waals surface area (Å²) in [6.07, 6.45) is 1.83. The highest BCUT2D eigenvalue weighted by molar-refractivity contribution is 6.24. The van der Waals surface area contributed by atoms with Gasteiger partial charge in [0.05, 0.1) is 36.4 Å². The molecule has 7 heteroatoms. The standard InChI is InChI=1S/C22H24N2O5/c1-4-22(21(27)28-5-2)17-16(18(23-22)15-7-6-12-29-15)19(25)24(20(17)26)14-10-8-13(3)9-11-14/h6-12,16-18,23H,4-5H2,1-3H3/t16-,17+,18-,22-/m0/s1. The number of carbonyl (C=O) groups is 3. The summed E-state index contributed by atoms with van der Waals surface area (Å²) in [7, 11) is 0. The van der Waals surface area contributed by atoms with E-state index in [1.807, 2.05) is 26.0 Å². The van der Waals surface area contributed by atoms with Crippen LogP contribution in [-0.2, 0) is 19.1 Å². The Morgan fingerprint density at radius 1 is 1.17 bits per heavy atom. The van der Waals surface area contributed by atoms with E-state index in [0.29, 0.717) is 17.9 Å². The maximum atomic E-state index is 13.5. The molecule has 0 spiro atoms. The lowest BCUT2D eigenvalue weighted by Crippen LogP contribution is -2.56. The first kappa shape index (κ1) is 19.4. The van der Waals surface area contributed by atoms with Crippen molar-refractivity contribution in [3.8, 4) is 0 Å². The predicted molar refractivity (Wildman–Crippen MR) is 105 cm³/mol. The molecule has 1 aromatic carbocycles. The van der Waals surface area contributed by atoms with E-state index in [1.165, 1.54) is 11.2 Å². The van der Waals surface area contributed by atoms with E-state index < -0.39 is 29.4 Å². The number of carbonyl (C=O) groups excluding carboxylic acids is 3. The van der Waals surface area contributed by atoms with Gasteiger partial charge in [-0.05, 0) is 44.5 Å². The third-order valence-corrected chi connectivity index (χ3v) is 5.99. The molecule has 0 saturated carbocycles. The number of aryl methyl sites for hydroxylation is 1. The van der Waals surface area contributed by atoms with Gasteiger partial charge in [-0.3, -0.25) is 19.7 Å². The summed E-state index contributed by atoms with van der Waals surface area (Å²) in [5.74, 6) is -2.34. The number of imide groups is 1. The van der Waals surface area contributed by atoms with Crippen molar-refractivity contribution >= 4 is 23.5 Å². The Bertz CT molecular complexity index is 937. The highest BCUT2D eigenvalue weighted by atomic mass is 16.5. The van der Waals surface area contributed by atoms with Crippen LogP contribution < -0.4 is 10.2 Å². The van der Waals surface area contributed by atoms with Gasteiger partial charge in [0.25, 0.3) is 0 Å². The Morgan fingerprint density at radius 3 is 2.48 bits per heavy atom. The number of amides is 2. The van der Waals surface area contributed by atoms with Crippen LogP contribution in [0.1, 0.15) is 37.6 Å². The van der Waals surface area contributed by atoms with Crippen LogP contribution >= 0.6 is 0 Å². The van der Waals surface area contributed by atoms with Crippen LogP contribution in [0.3, 0.4) is 0 Å². The molecule has 152 valence electrons. The Balaban J connectivity index is 1.83. The molecule has 0 aliphatic carbocycles. The number of nitrogens with one attached hydrogen (secondary N) is 1. The van der Waals surface area contributed by atoms with E-state index in [4.69, 9.17) is 9.15 Å². The van der Waals surface area contributed by atoms with Crippen molar-refractivity contribution < 1.29 is 23.5 Å². The predicted octanol–water partition coefficient (Wildman–Crippen LogP) is 2.75. The fourth-order valence-corrected chi connectivity index (χ4v) is 4.58. The third kappa shape index (κ3) is 2.80. The van der Waals surface area contributed by atoms with Crippen LogP contribution in [0.25, 0.3) is 0 Å². The van der Waals surface area contributed by atoms with Gasteiger partial charge in [0.15, 0.2) is 0 Å². The van der Waals surface area contributed by atoms with Gasteiger partial charge < -0.3 is 9.15 Å². The number of hydrogen-bond acceptors (Lipinski definition) is 6. The van der Waals surface area contributed by atoms with Crippen molar-refractivity contribution in [1.82, 2.24) is 5.32 Å². The van der Waals surface area contributed by atoms with Crippen molar-refractivity contribution in [2.75, 3.05) is 11.5 Å². The zero-order chi connectivity index (χ0) is 20.8. The summed E-state index contributed by atoms with van der Waals surface area (Å²) in [5.41, 5.74) is 0.245. The Hall–Kier alpha value is -2.93. The van der Waals surface area contributed by atoms with Gasteiger partial charge in [-0.15, -0.1) is 0 Å². The third-order valence-electron chi connectivity index (χ3n) is 5.99. The van der Waals surface area contributed by atoms with E-state index in [2.05, 4.69) is 5.32 Å². The quantitative estimate of drug-likeness (QED) is 0.618. The van der Waals surface area contributed by atoms with Crippen molar-refractivity contribution in [2.24, 2.45) is 11.8 Å². The van der Waals surface area contributed by atoms with Crippen LogP contribution in [0.2, 0.25) is 0 Å². The first-order valence-electron chi connectivity index (χ1n) is 9.87. The molecule has 2 aliphatic heterocycles.